The summed E-state index contributed by atoms with van der Waals surface area (Å²) < 4.78 is 0. The normalized spacial score (nSPS) is 27.7. The Morgan fingerprint density at radius 2 is 2.15 bits per heavy atom. The molecule has 6 nitrogen and oxygen atoms in total. The van der Waals surface area contributed by atoms with Crippen molar-refractivity contribution in [3.63, 3.8) is 0 Å². The Morgan fingerprint density at radius 3 is 2.46 bits per heavy atom. The van der Waals surface area contributed by atoms with Crippen molar-refractivity contribution in [2.24, 2.45) is 0 Å². The van der Waals surface area contributed by atoms with Gasteiger partial charge >= 0.3 is 12.0 Å². The predicted molar refractivity (Wildman–Crippen MR) is 42.0 cm³/mol. The number of nitrogens with zero attached hydrogens (tertiary/aromatic N) is 1. The van der Waals surface area contributed by atoms with Crippen molar-refractivity contribution in [3.8, 4) is 0 Å². The zero-order valence-electron chi connectivity index (χ0n) is 7.33. The summed E-state index contributed by atoms with van der Waals surface area (Å²) >= 11 is 0. The molecule has 1 saturated heterocycles. The monoisotopic (exact) mass is 186 g/mol. The highest BCUT2D eigenvalue weighted by molar-refractivity contribution is 6.07. The smallest absolute Gasteiger partial charge is 0.324 e. The molecule has 0 spiro atoms. The summed E-state index contributed by atoms with van der Waals surface area (Å²) in [7, 11) is 1.31. The summed E-state index contributed by atoms with van der Waals surface area (Å²) in [6.45, 7) is 1.39. The van der Waals surface area contributed by atoms with Crippen molar-refractivity contribution in [2.45, 2.75) is 18.9 Å². The number of carboxylic acids is 1. The first-order valence-corrected chi connectivity index (χ1v) is 3.69. The van der Waals surface area contributed by atoms with Gasteiger partial charge in [0.1, 0.15) is 5.54 Å². The number of imide groups is 1. The molecule has 0 aliphatic carbocycles. The number of carbonyl (C=O) groups excluding carboxylic acids is 2. The lowest BCUT2D eigenvalue weighted by Gasteiger charge is -2.17. The van der Waals surface area contributed by atoms with Gasteiger partial charge in [0.25, 0.3) is 5.91 Å². The number of amides is 3. The number of nitrogens with one attached hydrogen (secondary N) is 1. The van der Waals surface area contributed by atoms with E-state index >= 15 is 0 Å². The molecule has 2 N–H and O–H groups in total. The summed E-state index contributed by atoms with van der Waals surface area (Å²) in [5, 5.41) is 10.8. The van der Waals surface area contributed by atoms with Crippen LogP contribution in [-0.4, -0.2) is 40.5 Å². The number of hydrogen-bond acceptors (Lipinski definition) is 3. The van der Waals surface area contributed by atoms with Crippen LogP contribution in [0.15, 0.2) is 0 Å². The van der Waals surface area contributed by atoms with Gasteiger partial charge in [-0.2, -0.15) is 0 Å². The summed E-state index contributed by atoms with van der Waals surface area (Å²) in [5.41, 5.74) is -1.29. The van der Waals surface area contributed by atoms with Crippen LogP contribution in [0.2, 0.25) is 0 Å². The van der Waals surface area contributed by atoms with Crippen LogP contribution < -0.4 is 5.32 Å². The van der Waals surface area contributed by atoms with E-state index in [0.717, 1.165) is 4.90 Å². The maximum atomic E-state index is 11.4. The lowest BCUT2D eigenvalue weighted by atomic mass is 9.98. The summed E-state index contributed by atoms with van der Waals surface area (Å²) in [6.07, 6.45) is -0.401. The lowest BCUT2D eigenvalue weighted by molar-refractivity contribution is -0.142. The van der Waals surface area contributed by atoms with E-state index in [1.165, 1.54) is 14.0 Å². The largest absolute Gasteiger partial charge is 0.481 e. The summed E-state index contributed by atoms with van der Waals surface area (Å²) in [5.74, 6) is -1.63. The third kappa shape index (κ3) is 1.47. The molecule has 1 fully saturated rings. The summed E-state index contributed by atoms with van der Waals surface area (Å²) in [4.78, 5) is 33.6. The molecular weight excluding hydrogens is 176 g/mol. The van der Waals surface area contributed by atoms with Gasteiger partial charge in [-0.1, -0.05) is 0 Å². The van der Waals surface area contributed by atoms with Crippen LogP contribution in [-0.2, 0) is 9.59 Å². The Hall–Kier alpha value is -1.59. The molecule has 1 unspecified atom stereocenters. The highest BCUT2D eigenvalue weighted by atomic mass is 16.4. The topological polar surface area (TPSA) is 86.7 Å². The molecule has 1 aliphatic rings. The Labute approximate surface area is 74.5 Å². The average Bonchev–Trinajstić information content (AvgIpc) is 2.14. The third-order valence-electron chi connectivity index (χ3n) is 1.97. The summed E-state index contributed by atoms with van der Waals surface area (Å²) in [6, 6.07) is -0.561. The van der Waals surface area contributed by atoms with Crippen molar-refractivity contribution >= 4 is 17.9 Å². The predicted octanol–water partition coefficient (Wildman–Crippen LogP) is -0.599. The van der Waals surface area contributed by atoms with Crippen LogP contribution in [0.5, 0.6) is 0 Å². The molecule has 1 aliphatic heterocycles. The van der Waals surface area contributed by atoms with Gasteiger partial charge in [0.2, 0.25) is 0 Å². The van der Waals surface area contributed by atoms with Crippen molar-refractivity contribution in [1.29, 1.82) is 0 Å². The number of carboxylic acid groups (broad SMARTS) is 1. The number of rotatable bonds is 2. The van der Waals surface area contributed by atoms with Crippen molar-refractivity contribution < 1.29 is 19.5 Å². The van der Waals surface area contributed by atoms with Gasteiger partial charge in [0.05, 0.1) is 6.42 Å². The minimum Gasteiger partial charge on any atom is -0.481 e. The highest BCUT2D eigenvalue weighted by Crippen LogP contribution is 2.19. The van der Waals surface area contributed by atoms with Gasteiger partial charge in [-0.15, -0.1) is 0 Å². The molecule has 0 aromatic rings. The SMILES string of the molecule is CN1C(=O)NC(C)(CC(=O)O)C1=O. The van der Waals surface area contributed by atoms with Crippen LogP contribution in [0.1, 0.15) is 13.3 Å². The number of hydrogen-bond donors (Lipinski definition) is 2. The van der Waals surface area contributed by atoms with E-state index in [0.29, 0.717) is 0 Å². The first-order chi connectivity index (χ1) is 5.87. The molecule has 6 heteroatoms. The van der Waals surface area contributed by atoms with Crippen LogP contribution in [0.4, 0.5) is 4.79 Å². The average molecular weight is 186 g/mol. The molecule has 1 heterocycles. The Kier molecular flexibility index (Phi) is 1.99. The second kappa shape index (κ2) is 2.72. The molecular formula is C7H10N2O4. The zero-order chi connectivity index (χ0) is 10.2. The molecule has 0 bridgehead atoms. The van der Waals surface area contributed by atoms with Crippen LogP contribution >= 0.6 is 0 Å². The second-order valence-corrected chi connectivity index (χ2v) is 3.20. The van der Waals surface area contributed by atoms with Crippen molar-refractivity contribution in [2.75, 3.05) is 7.05 Å². The quantitative estimate of drug-likeness (QED) is 0.564. The van der Waals surface area contributed by atoms with Crippen LogP contribution in [0, 0.1) is 0 Å². The fourth-order valence-electron chi connectivity index (χ4n) is 1.26. The molecule has 13 heavy (non-hydrogen) atoms. The number of likely N-dealkylation sites (N-methyl/N-ethyl adjacent to an activating group) is 1. The fraction of sp³-hybridized carbons (Fsp3) is 0.571. The van der Waals surface area contributed by atoms with E-state index in [-0.39, 0.29) is 0 Å². The third-order valence-corrected chi connectivity index (χ3v) is 1.97. The second-order valence-electron chi connectivity index (χ2n) is 3.20. The van der Waals surface area contributed by atoms with Crippen LogP contribution in [0.25, 0.3) is 0 Å². The minimum absolute atomic E-state index is 0.401. The van der Waals surface area contributed by atoms with Gasteiger partial charge in [0, 0.05) is 7.05 Å². The molecule has 0 aromatic carbocycles. The standard InChI is InChI=1S/C7H10N2O4/c1-7(3-4(10)11)5(12)9(2)6(13)8-7/h3H2,1-2H3,(H,8,13)(H,10,11). The van der Waals surface area contributed by atoms with E-state index in [1.54, 1.807) is 0 Å². The first-order valence-electron chi connectivity index (χ1n) is 3.69. The zero-order valence-corrected chi connectivity index (χ0v) is 7.33. The molecule has 72 valence electrons. The van der Waals surface area contributed by atoms with E-state index in [9.17, 15) is 14.4 Å². The van der Waals surface area contributed by atoms with Crippen molar-refractivity contribution in [1.82, 2.24) is 10.2 Å². The molecule has 0 aromatic heterocycles. The first kappa shape index (κ1) is 9.50. The Balaban J connectivity index is 2.87. The van der Waals surface area contributed by atoms with Gasteiger partial charge in [0.15, 0.2) is 0 Å². The Morgan fingerprint density at radius 1 is 1.62 bits per heavy atom. The highest BCUT2D eigenvalue weighted by Gasteiger charge is 2.47. The maximum Gasteiger partial charge on any atom is 0.324 e. The van der Waals surface area contributed by atoms with E-state index in [1.807, 2.05) is 0 Å². The van der Waals surface area contributed by atoms with E-state index in [2.05, 4.69) is 5.32 Å². The fourth-order valence-corrected chi connectivity index (χ4v) is 1.26. The Bertz CT molecular complexity index is 284. The van der Waals surface area contributed by atoms with Gasteiger partial charge < -0.3 is 10.4 Å². The maximum absolute atomic E-state index is 11.4. The van der Waals surface area contributed by atoms with E-state index < -0.39 is 29.9 Å². The molecule has 0 radical (unpaired) electrons. The van der Waals surface area contributed by atoms with Gasteiger partial charge in [-0.3, -0.25) is 14.5 Å². The van der Waals surface area contributed by atoms with Crippen molar-refractivity contribution in [3.05, 3.63) is 0 Å². The molecule has 0 saturated carbocycles. The van der Waals surface area contributed by atoms with Gasteiger partial charge in [-0.05, 0) is 6.92 Å². The van der Waals surface area contributed by atoms with E-state index in [4.69, 9.17) is 5.11 Å². The lowest BCUT2D eigenvalue weighted by Crippen LogP contribution is -2.45. The number of carbonyl (C=O) groups is 3. The molecule has 3 amide bonds. The molecule has 1 atom stereocenters. The van der Waals surface area contributed by atoms with Crippen LogP contribution in [0.3, 0.4) is 0 Å². The minimum atomic E-state index is -1.29. The number of aliphatic carboxylic acids is 1. The van der Waals surface area contributed by atoms with Gasteiger partial charge in [-0.25, -0.2) is 4.79 Å². The molecule has 1 rings (SSSR count). The number of urea groups is 1.